The Morgan fingerprint density at radius 2 is 2.06 bits per heavy atom. The van der Waals surface area contributed by atoms with Crippen molar-refractivity contribution in [3.05, 3.63) is 29.6 Å². The molecule has 0 aromatic heterocycles. The number of aliphatic hydroxyl groups is 1. The van der Waals surface area contributed by atoms with Crippen molar-refractivity contribution >= 4 is 17.5 Å². The second kappa shape index (κ2) is 5.95. The first kappa shape index (κ1) is 13.1. The second-order valence-corrected chi connectivity index (χ2v) is 3.42. The first-order valence-electron chi connectivity index (χ1n) is 5.01. The number of hydrogen-bond donors (Lipinski definition) is 3. The van der Waals surface area contributed by atoms with E-state index >= 15 is 0 Å². The summed E-state index contributed by atoms with van der Waals surface area (Å²) in [5.41, 5.74) is 0.714. The van der Waals surface area contributed by atoms with Gasteiger partial charge in [-0.1, -0.05) is 6.07 Å². The van der Waals surface area contributed by atoms with Gasteiger partial charge in [0.15, 0.2) is 0 Å². The molecule has 0 atom stereocenters. The first-order chi connectivity index (χ1) is 8.04. The first-order valence-corrected chi connectivity index (χ1v) is 5.01. The molecule has 92 valence electrons. The zero-order valence-corrected chi connectivity index (χ0v) is 9.29. The highest BCUT2D eigenvalue weighted by Crippen LogP contribution is 2.15. The molecule has 0 radical (unpaired) electrons. The van der Waals surface area contributed by atoms with Crippen LogP contribution >= 0.6 is 0 Å². The van der Waals surface area contributed by atoms with Gasteiger partial charge in [0, 0.05) is 6.54 Å². The van der Waals surface area contributed by atoms with E-state index in [0.29, 0.717) is 0 Å². The van der Waals surface area contributed by atoms with Gasteiger partial charge < -0.3 is 15.7 Å². The molecule has 0 unspecified atom stereocenters. The zero-order valence-electron chi connectivity index (χ0n) is 9.29. The maximum atomic E-state index is 13.3. The summed E-state index contributed by atoms with van der Waals surface area (Å²) in [5.74, 6) is -2.50. The summed E-state index contributed by atoms with van der Waals surface area (Å²) in [6, 6.07) is 4.18. The Labute approximate surface area is 97.6 Å². The maximum Gasteiger partial charge on any atom is 0.313 e. The molecule has 0 heterocycles. The lowest BCUT2D eigenvalue weighted by molar-refractivity contribution is -0.136. The van der Waals surface area contributed by atoms with Gasteiger partial charge in [-0.3, -0.25) is 9.59 Å². The molecule has 17 heavy (non-hydrogen) atoms. The molecule has 6 heteroatoms. The van der Waals surface area contributed by atoms with E-state index in [1.165, 1.54) is 12.1 Å². The smallest absolute Gasteiger partial charge is 0.313 e. The van der Waals surface area contributed by atoms with E-state index in [-0.39, 0.29) is 18.8 Å². The van der Waals surface area contributed by atoms with Gasteiger partial charge in [-0.25, -0.2) is 4.39 Å². The summed E-state index contributed by atoms with van der Waals surface area (Å²) in [7, 11) is 0. The van der Waals surface area contributed by atoms with Crippen LogP contribution in [0, 0.1) is 12.7 Å². The van der Waals surface area contributed by atoms with Gasteiger partial charge in [-0.05, 0) is 24.6 Å². The number of aliphatic hydroxyl groups excluding tert-OH is 1. The molecule has 0 spiro atoms. The molecule has 1 rings (SSSR count). The van der Waals surface area contributed by atoms with Crippen LogP contribution in [0.25, 0.3) is 0 Å². The lowest BCUT2D eigenvalue weighted by Gasteiger charge is -2.07. The molecule has 0 saturated heterocycles. The summed E-state index contributed by atoms with van der Waals surface area (Å²) in [6.45, 7) is 1.45. The fraction of sp³-hybridized carbons (Fsp3) is 0.273. The molecule has 0 aliphatic carbocycles. The van der Waals surface area contributed by atoms with Crippen molar-refractivity contribution in [2.45, 2.75) is 6.92 Å². The van der Waals surface area contributed by atoms with E-state index in [9.17, 15) is 14.0 Å². The van der Waals surface area contributed by atoms with Crippen LogP contribution in [0.15, 0.2) is 18.2 Å². The van der Waals surface area contributed by atoms with Gasteiger partial charge >= 0.3 is 11.8 Å². The molecule has 3 N–H and O–H groups in total. The van der Waals surface area contributed by atoms with E-state index in [0.717, 1.165) is 5.56 Å². The number of rotatable bonds is 3. The van der Waals surface area contributed by atoms with E-state index in [1.807, 2.05) is 0 Å². The molecule has 1 aromatic rings. The number of anilines is 1. The third kappa shape index (κ3) is 3.84. The minimum Gasteiger partial charge on any atom is -0.395 e. The van der Waals surface area contributed by atoms with Crippen LogP contribution in [-0.4, -0.2) is 30.1 Å². The summed E-state index contributed by atoms with van der Waals surface area (Å²) >= 11 is 0. The standard InChI is InChI=1S/C11H13FN2O3/c1-7-2-3-8(12)9(6-7)14-11(17)10(16)13-4-5-15/h2-3,6,15H,4-5H2,1H3,(H,13,16)(H,14,17). The van der Waals surface area contributed by atoms with Crippen LogP contribution < -0.4 is 10.6 Å². The highest BCUT2D eigenvalue weighted by Gasteiger charge is 2.14. The van der Waals surface area contributed by atoms with Gasteiger partial charge in [-0.15, -0.1) is 0 Å². The number of nitrogens with one attached hydrogen (secondary N) is 2. The van der Waals surface area contributed by atoms with Gasteiger partial charge in [0.05, 0.1) is 12.3 Å². The van der Waals surface area contributed by atoms with Gasteiger partial charge in [-0.2, -0.15) is 0 Å². The molecule has 1 aromatic carbocycles. The van der Waals surface area contributed by atoms with Crippen molar-refractivity contribution in [1.29, 1.82) is 0 Å². The summed E-state index contributed by atoms with van der Waals surface area (Å²) in [5, 5.41) is 12.8. The summed E-state index contributed by atoms with van der Waals surface area (Å²) in [6.07, 6.45) is 0. The fourth-order valence-electron chi connectivity index (χ4n) is 1.16. The van der Waals surface area contributed by atoms with Crippen molar-refractivity contribution in [3.8, 4) is 0 Å². The SMILES string of the molecule is Cc1ccc(F)c(NC(=O)C(=O)NCCO)c1. The number of halogens is 1. The number of hydrogen-bond acceptors (Lipinski definition) is 3. The Kier molecular flexibility index (Phi) is 4.59. The minimum absolute atomic E-state index is 0.0252. The van der Waals surface area contributed by atoms with E-state index < -0.39 is 17.6 Å². The van der Waals surface area contributed by atoms with Crippen molar-refractivity contribution < 1.29 is 19.1 Å². The van der Waals surface area contributed by atoms with Crippen LogP contribution in [0.1, 0.15) is 5.56 Å². The summed E-state index contributed by atoms with van der Waals surface area (Å²) < 4.78 is 13.3. The predicted molar refractivity (Wildman–Crippen MR) is 59.9 cm³/mol. The third-order valence-electron chi connectivity index (χ3n) is 1.97. The lowest BCUT2D eigenvalue weighted by atomic mass is 10.2. The van der Waals surface area contributed by atoms with Crippen molar-refractivity contribution in [3.63, 3.8) is 0 Å². The van der Waals surface area contributed by atoms with E-state index in [1.54, 1.807) is 13.0 Å². The predicted octanol–water partition coefficient (Wildman–Crippen LogP) is 0.181. The van der Waals surface area contributed by atoms with Crippen LogP contribution in [0.3, 0.4) is 0 Å². The molecule has 0 bridgehead atoms. The van der Waals surface area contributed by atoms with Crippen LogP contribution in [-0.2, 0) is 9.59 Å². The third-order valence-corrected chi connectivity index (χ3v) is 1.97. The molecule has 0 aliphatic rings. The molecule has 5 nitrogen and oxygen atoms in total. The largest absolute Gasteiger partial charge is 0.395 e. The van der Waals surface area contributed by atoms with Crippen LogP contribution in [0.2, 0.25) is 0 Å². The number of carbonyl (C=O) groups is 2. The molecule has 0 saturated carbocycles. The van der Waals surface area contributed by atoms with Gasteiger partial charge in [0.25, 0.3) is 0 Å². The summed E-state index contributed by atoms with van der Waals surface area (Å²) in [4.78, 5) is 22.5. The second-order valence-electron chi connectivity index (χ2n) is 3.42. The van der Waals surface area contributed by atoms with Crippen LogP contribution in [0.5, 0.6) is 0 Å². The van der Waals surface area contributed by atoms with Gasteiger partial charge in [0.2, 0.25) is 0 Å². The Morgan fingerprint density at radius 1 is 1.35 bits per heavy atom. The minimum atomic E-state index is -0.969. The van der Waals surface area contributed by atoms with E-state index in [2.05, 4.69) is 10.6 Å². The highest BCUT2D eigenvalue weighted by atomic mass is 19.1. The topological polar surface area (TPSA) is 78.4 Å². The Bertz CT molecular complexity index is 435. The molecular weight excluding hydrogens is 227 g/mol. The number of amides is 2. The highest BCUT2D eigenvalue weighted by molar-refractivity contribution is 6.39. The average Bonchev–Trinajstić information content (AvgIpc) is 2.30. The number of benzene rings is 1. The zero-order chi connectivity index (χ0) is 12.8. The Balaban J connectivity index is 2.67. The van der Waals surface area contributed by atoms with Crippen molar-refractivity contribution in [2.75, 3.05) is 18.5 Å². The number of aryl methyl sites for hydroxylation is 1. The fourth-order valence-corrected chi connectivity index (χ4v) is 1.16. The lowest BCUT2D eigenvalue weighted by Crippen LogP contribution is -2.37. The van der Waals surface area contributed by atoms with Crippen LogP contribution in [0.4, 0.5) is 10.1 Å². The molecule has 0 fully saturated rings. The molecule has 0 aliphatic heterocycles. The van der Waals surface area contributed by atoms with E-state index in [4.69, 9.17) is 5.11 Å². The van der Waals surface area contributed by atoms with Crippen molar-refractivity contribution in [1.82, 2.24) is 5.32 Å². The molecular formula is C11H13FN2O3. The van der Waals surface area contributed by atoms with Crippen molar-refractivity contribution in [2.24, 2.45) is 0 Å². The quantitative estimate of drug-likeness (QED) is 0.659. The molecule has 2 amide bonds. The number of carbonyl (C=O) groups excluding carboxylic acids is 2. The van der Waals surface area contributed by atoms with Gasteiger partial charge in [0.1, 0.15) is 5.82 Å². The maximum absolute atomic E-state index is 13.3. The monoisotopic (exact) mass is 240 g/mol. The normalized spacial score (nSPS) is 9.82. The Morgan fingerprint density at radius 3 is 2.71 bits per heavy atom. The average molecular weight is 240 g/mol. The Hall–Kier alpha value is -1.95.